The zero-order valence-corrected chi connectivity index (χ0v) is 10.9. The Morgan fingerprint density at radius 2 is 2.22 bits per heavy atom. The largest absolute Gasteiger partial charge is 0.342 e. The van der Waals surface area contributed by atoms with E-state index in [1.54, 1.807) is 16.2 Å². The second kappa shape index (κ2) is 4.72. The molecule has 1 aliphatic carbocycles. The highest BCUT2D eigenvalue weighted by atomic mass is 32.1. The van der Waals surface area contributed by atoms with E-state index in [4.69, 9.17) is 0 Å². The van der Waals surface area contributed by atoms with Gasteiger partial charge in [-0.15, -0.1) is 11.3 Å². The van der Waals surface area contributed by atoms with E-state index in [1.807, 2.05) is 11.4 Å². The molecule has 0 bridgehead atoms. The van der Waals surface area contributed by atoms with Crippen LogP contribution in [0.5, 0.6) is 0 Å². The van der Waals surface area contributed by atoms with Crippen molar-refractivity contribution >= 4 is 23.2 Å². The summed E-state index contributed by atoms with van der Waals surface area (Å²) in [4.78, 5) is 26.8. The Labute approximate surface area is 110 Å². The molecule has 3 rings (SSSR count). The zero-order chi connectivity index (χ0) is 12.5. The summed E-state index contributed by atoms with van der Waals surface area (Å²) in [5, 5.41) is 4.86. The zero-order valence-electron chi connectivity index (χ0n) is 10.1. The number of piperazine rings is 1. The Morgan fingerprint density at radius 3 is 2.89 bits per heavy atom. The topological polar surface area (TPSA) is 49.4 Å². The van der Waals surface area contributed by atoms with Crippen molar-refractivity contribution in [2.45, 2.75) is 25.3 Å². The van der Waals surface area contributed by atoms with Gasteiger partial charge in [0, 0.05) is 11.4 Å². The molecule has 4 nitrogen and oxygen atoms in total. The molecule has 1 N–H and O–H groups in total. The molecule has 5 heteroatoms. The fourth-order valence-electron chi connectivity index (χ4n) is 2.37. The lowest BCUT2D eigenvalue weighted by Gasteiger charge is -2.32. The van der Waals surface area contributed by atoms with Crippen LogP contribution in [0.25, 0.3) is 0 Å². The Morgan fingerprint density at radius 1 is 1.39 bits per heavy atom. The van der Waals surface area contributed by atoms with Gasteiger partial charge in [-0.25, -0.2) is 0 Å². The molecule has 1 saturated carbocycles. The van der Waals surface area contributed by atoms with Crippen LogP contribution in [0.2, 0.25) is 0 Å². The summed E-state index contributed by atoms with van der Waals surface area (Å²) in [5.74, 6) is 0.470. The molecule has 2 amide bonds. The molecule has 0 spiro atoms. The third kappa shape index (κ3) is 2.41. The van der Waals surface area contributed by atoms with E-state index in [2.05, 4.69) is 11.4 Å². The van der Waals surface area contributed by atoms with E-state index in [-0.39, 0.29) is 24.4 Å². The summed E-state index contributed by atoms with van der Waals surface area (Å²) in [6, 6.07) is 3.82. The fraction of sp³-hybridized carbons (Fsp3) is 0.538. The first-order valence-electron chi connectivity index (χ1n) is 6.34. The van der Waals surface area contributed by atoms with Crippen LogP contribution in [0.4, 0.5) is 0 Å². The van der Waals surface area contributed by atoms with E-state index >= 15 is 0 Å². The lowest BCUT2D eigenvalue weighted by atomic mass is 10.1. The normalized spacial score (nSPS) is 24.2. The number of amides is 2. The van der Waals surface area contributed by atoms with Crippen molar-refractivity contribution in [3.05, 3.63) is 22.4 Å². The van der Waals surface area contributed by atoms with Gasteiger partial charge < -0.3 is 10.2 Å². The SMILES string of the molecule is O=C1CN(CCc2cccs2)C(=O)C(C2CC2)N1. The van der Waals surface area contributed by atoms with Crippen LogP contribution in [0, 0.1) is 5.92 Å². The minimum absolute atomic E-state index is 0.0160. The number of hydrogen-bond donors (Lipinski definition) is 1. The number of thiophene rings is 1. The van der Waals surface area contributed by atoms with Crippen molar-refractivity contribution in [2.75, 3.05) is 13.1 Å². The molecule has 1 saturated heterocycles. The van der Waals surface area contributed by atoms with Crippen LogP contribution in [0.3, 0.4) is 0 Å². The number of hydrogen-bond acceptors (Lipinski definition) is 3. The van der Waals surface area contributed by atoms with Crippen molar-refractivity contribution in [1.29, 1.82) is 0 Å². The molecule has 1 atom stereocenters. The second-order valence-electron chi connectivity index (χ2n) is 4.97. The van der Waals surface area contributed by atoms with Gasteiger partial charge >= 0.3 is 0 Å². The lowest BCUT2D eigenvalue weighted by Crippen LogP contribution is -2.59. The highest BCUT2D eigenvalue weighted by Crippen LogP contribution is 2.34. The monoisotopic (exact) mass is 264 g/mol. The van der Waals surface area contributed by atoms with E-state index in [0.717, 1.165) is 19.3 Å². The Bertz CT molecular complexity index is 454. The number of nitrogens with one attached hydrogen (secondary N) is 1. The first kappa shape index (κ1) is 11.7. The summed E-state index contributed by atoms with van der Waals surface area (Å²) in [5.41, 5.74) is 0. The Balaban J connectivity index is 1.62. The third-order valence-electron chi connectivity index (χ3n) is 3.53. The van der Waals surface area contributed by atoms with Crippen LogP contribution in [-0.4, -0.2) is 35.8 Å². The van der Waals surface area contributed by atoms with Crippen molar-refractivity contribution in [3.63, 3.8) is 0 Å². The quantitative estimate of drug-likeness (QED) is 0.883. The molecule has 1 unspecified atom stereocenters. The maximum Gasteiger partial charge on any atom is 0.245 e. The van der Waals surface area contributed by atoms with Gasteiger partial charge in [0.15, 0.2) is 0 Å². The molecular weight excluding hydrogens is 248 g/mol. The Kier molecular flexibility index (Phi) is 3.07. The standard InChI is InChI=1S/C13H16N2O2S/c16-11-8-15(6-5-10-2-1-7-18-10)13(17)12(14-11)9-3-4-9/h1-2,7,9,12H,3-6,8H2,(H,14,16). The van der Waals surface area contributed by atoms with Gasteiger partial charge in [0.1, 0.15) is 6.04 Å². The van der Waals surface area contributed by atoms with Crippen LogP contribution in [0.15, 0.2) is 17.5 Å². The number of carbonyl (C=O) groups is 2. The van der Waals surface area contributed by atoms with Crippen LogP contribution in [0.1, 0.15) is 17.7 Å². The summed E-state index contributed by atoms with van der Waals surface area (Å²) in [6.45, 7) is 0.864. The summed E-state index contributed by atoms with van der Waals surface area (Å²) in [6.07, 6.45) is 2.97. The smallest absolute Gasteiger partial charge is 0.245 e. The molecule has 0 radical (unpaired) electrons. The van der Waals surface area contributed by atoms with Gasteiger partial charge in [0.25, 0.3) is 0 Å². The summed E-state index contributed by atoms with van der Waals surface area (Å²) in [7, 11) is 0. The molecule has 1 aliphatic heterocycles. The summed E-state index contributed by atoms with van der Waals surface area (Å²) >= 11 is 1.69. The molecule has 96 valence electrons. The predicted molar refractivity (Wildman–Crippen MR) is 69.3 cm³/mol. The van der Waals surface area contributed by atoms with Crippen molar-refractivity contribution < 1.29 is 9.59 Å². The molecule has 18 heavy (non-hydrogen) atoms. The van der Waals surface area contributed by atoms with Crippen LogP contribution < -0.4 is 5.32 Å². The highest BCUT2D eigenvalue weighted by Gasteiger charge is 2.42. The fourth-order valence-corrected chi connectivity index (χ4v) is 3.07. The average molecular weight is 264 g/mol. The van der Waals surface area contributed by atoms with Gasteiger partial charge in [-0.1, -0.05) is 6.07 Å². The van der Waals surface area contributed by atoms with Crippen LogP contribution in [-0.2, 0) is 16.0 Å². The minimum atomic E-state index is -0.255. The summed E-state index contributed by atoms with van der Waals surface area (Å²) < 4.78 is 0. The van der Waals surface area contributed by atoms with Gasteiger partial charge in [0.05, 0.1) is 6.54 Å². The predicted octanol–water partition coefficient (Wildman–Crippen LogP) is 1.03. The first-order valence-corrected chi connectivity index (χ1v) is 7.22. The van der Waals surface area contributed by atoms with Crippen molar-refractivity contribution in [3.8, 4) is 0 Å². The third-order valence-corrected chi connectivity index (χ3v) is 4.47. The first-order chi connectivity index (χ1) is 8.74. The van der Waals surface area contributed by atoms with Gasteiger partial charge in [-0.2, -0.15) is 0 Å². The van der Waals surface area contributed by atoms with Crippen molar-refractivity contribution in [2.24, 2.45) is 5.92 Å². The molecular formula is C13H16N2O2S. The lowest BCUT2D eigenvalue weighted by molar-refractivity contribution is -0.144. The van der Waals surface area contributed by atoms with E-state index in [1.165, 1.54) is 4.88 Å². The van der Waals surface area contributed by atoms with E-state index in [9.17, 15) is 9.59 Å². The minimum Gasteiger partial charge on any atom is -0.342 e. The Hall–Kier alpha value is -1.36. The van der Waals surface area contributed by atoms with E-state index < -0.39 is 0 Å². The number of carbonyl (C=O) groups excluding carboxylic acids is 2. The molecule has 2 fully saturated rings. The van der Waals surface area contributed by atoms with Crippen LogP contribution >= 0.6 is 11.3 Å². The second-order valence-corrected chi connectivity index (χ2v) is 6.00. The molecule has 2 aliphatic rings. The molecule has 1 aromatic heterocycles. The molecule has 0 aromatic carbocycles. The molecule has 1 aromatic rings. The number of rotatable bonds is 4. The molecule has 2 heterocycles. The van der Waals surface area contributed by atoms with Gasteiger partial charge in [0.2, 0.25) is 11.8 Å². The van der Waals surface area contributed by atoms with Crippen molar-refractivity contribution in [1.82, 2.24) is 10.2 Å². The van der Waals surface area contributed by atoms with E-state index in [0.29, 0.717) is 12.5 Å². The van der Waals surface area contributed by atoms with Gasteiger partial charge in [-0.05, 0) is 36.6 Å². The highest BCUT2D eigenvalue weighted by molar-refractivity contribution is 7.09. The average Bonchev–Trinajstić information content (AvgIpc) is 3.06. The van der Waals surface area contributed by atoms with Gasteiger partial charge in [-0.3, -0.25) is 9.59 Å². The maximum absolute atomic E-state index is 12.2. The maximum atomic E-state index is 12.2. The number of nitrogens with zero attached hydrogens (tertiary/aromatic N) is 1.